The van der Waals surface area contributed by atoms with Crippen molar-refractivity contribution in [2.45, 2.75) is 17.9 Å². The Morgan fingerprint density at radius 2 is 1.83 bits per heavy atom. The number of halogens is 2. The van der Waals surface area contributed by atoms with Crippen LogP contribution in [-0.2, 0) is 19.6 Å². The molecule has 0 spiro atoms. The van der Waals surface area contributed by atoms with Crippen LogP contribution in [0.1, 0.15) is 18.6 Å². The van der Waals surface area contributed by atoms with Crippen LogP contribution in [0.2, 0.25) is 5.02 Å². The highest BCUT2D eigenvalue weighted by Gasteiger charge is 2.18. The molecule has 0 bridgehead atoms. The number of hydrogen-bond acceptors (Lipinski definition) is 4. The third kappa shape index (κ3) is 4.77. The number of carbonyl (C=O) groups excluding carboxylic acids is 1. The minimum atomic E-state index is -3.92. The van der Waals surface area contributed by atoms with Gasteiger partial charge in [-0.15, -0.1) is 0 Å². The predicted octanol–water partition coefficient (Wildman–Crippen LogP) is 3.06. The van der Waals surface area contributed by atoms with Crippen LogP contribution in [0.25, 0.3) is 0 Å². The lowest BCUT2D eigenvalue weighted by Gasteiger charge is -2.15. The van der Waals surface area contributed by atoms with Gasteiger partial charge in [-0.1, -0.05) is 29.8 Å². The van der Waals surface area contributed by atoms with Crippen molar-refractivity contribution in [2.24, 2.45) is 0 Å². The summed E-state index contributed by atoms with van der Waals surface area (Å²) >= 11 is 6.01. The summed E-state index contributed by atoms with van der Waals surface area (Å²) in [5.41, 5.74) is 0.619. The fourth-order valence-electron chi connectivity index (χ4n) is 1.96. The molecule has 0 amide bonds. The molecule has 0 saturated heterocycles. The fraction of sp³-hybridized carbons (Fsp3) is 0.188. The molecule has 0 saturated carbocycles. The number of benzene rings is 2. The molecule has 0 fully saturated rings. The van der Waals surface area contributed by atoms with Crippen LogP contribution in [-0.4, -0.2) is 20.9 Å². The summed E-state index contributed by atoms with van der Waals surface area (Å²) in [6.45, 7) is 1.09. The SMILES string of the molecule is C[C@@H](OC(=O)CNS(=O)(=O)c1ccc(F)cc1)c1ccccc1Cl. The maximum absolute atomic E-state index is 12.8. The van der Waals surface area contributed by atoms with Gasteiger partial charge in [0.1, 0.15) is 18.5 Å². The van der Waals surface area contributed by atoms with E-state index in [0.717, 1.165) is 24.3 Å². The molecule has 1 N–H and O–H groups in total. The minimum absolute atomic E-state index is 0.143. The van der Waals surface area contributed by atoms with Gasteiger partial charge >= 0.3 is 5.97 Å². The molecule has 0 aromatic heterocycles. The molecule has 8 heteroatoms. The highest BCUT2D eigenvalue weighted by Crippen LogP contribution is 2.24. The van der Waals surface area contributed by atoms with Crippen LogP contribution in [0.5, 0.6) is 0 Å². The molecule has 5 nitrogen and oxygen atoms in total. The minimum Gasteiger partial charge on any atom is -0.457 e. The first-order valence-corrected chi connectivity index (χ1v) is 8.85. The Hall–Kier alpha value is -1.96. The van der Waals surface area contributed by atoms with Gasteiger partial charge in [-0.25, -0.2) is 12.8 Å². The first-order valence-electron chi connectivity index (χ1n) is 6.99. The van der Waals surface area contributed by atoms with Crippen LogP contribution < -0.4 is 4.72 Å². The molecule has 0 aliphatic carbocycles. The second-order valence-electron chi connectivity index (χ2n) is 4.93. The van der Waals surface area contributed by atoms with Crippen molar-refractivity contribution in [1.82, 2.24) is 4.72 Å². The normalized spacial score (nSPS) is 12.6. The second kappa shape index (κ2) is 7.74. The van der Waals surface area contributed by atoms with Crippen molar-refractivity contribution in [3.63, 3.8) is 0 Å². The molecule has 0 aliphatic heterocycles. The standard InChI is InChI=1S/C16H15ClFNO4S/c1-11(14-4-2-3-5-15(14)17)23-16(20)10-19-24(21,22)13-8-6-12(18)7-9-13/h2-9,11,19H,10H2,1H3/t11-/m1/s1. The Kier molecular flexibility index (Phi) is 5.93. The Labute approximate surface area is 144 Å². The summed E-state index contributed by atoms with van der Waals surface area (Å²) in [6.07, 6.45) is -0.624. The van der Waals surface area contributed by atoms with Gasteiger partial charge in [-0.05, 0) is 37.3 Å². The van der Waals surface area contributed by atoms with Crippen molar-refractivity contribution in [3.05, 3.63) is 64.9 Å². The molecule has 2 rings (SSSR count). The number of carbonyl (C=O) groups is 1. The largest absolute Gasteiger partial charge is 0.457 e. The molecule has 0 aliphatic rings. The second-order valence-corrected chi connectivity index (χ2v) is 7.11. The van der Waals surface area contributed by atoms with E-state index in [4.69, 9.17) is 16.3 Å². The summed E-state index contributed by atoms with van der Waals surface area (Å²) in [5, 5.41) is 0.449. The van der Waals surface area contributed by atoms with E-state index in [-0.39, 0.29) is 4.90 Å². The number of sulfonamides is 1. The molecular formula is C16H15ClFNO4S. The van der Waals surface area contributed by atoms with Gasteiger partial charge in [0.15, 0.2) is 0 Å². The molecular weight excluding hydrogens is 357 g/mol. The Bertz CT molecular complexity index is 824. The van der Waals surface area contributed by atoms with Crippen molar-refractivity contribution in [3.8, 4) is 0 Å². The predicted molar refractivity (Wildman–Crippen MR) is 87.5 cm³/mol. The number of ether oxygens (including phenoxy) is 1. The quantitative estimate of drug-likeness (QED) is 0.792. The molecule has 1 atom stereocenters. The first-order chi connectivity index (χ1) is 11.3. The lowest BCUT2D eigenvalue weighted by molar-refractivity contribution is -0.147. The summed E-state index contributed by atoms with van der Waals surface area (Å²) < 4.78 is 44.1. The molecule has 0 radical (unpaired) electrons. The zero-order valence-corrected chi connectivity index (χ0v) is 14.3. The van der Waals surface area contributed by atoms with E-state index in [1.54, 1.807) is 31.2 Å². The maximum atomic E-state index is 12.8. The van der Waals surface area contributed by atoms with Gasteiger partial charge in [0, 0.05) is 10.6 Å². The van der Waals surface area contributed by atoms with Gasteiger partial charge in [0.25, 0.3) is 0 Å². The summed E-state index contributed by atoms with van der Waals surface area (Å²) in [4.78, 5) is 11.7. The Morgan fingerprint density at radius 1 is 1.21 bits per heavy atom. The molecule has 2 aromatic carbocycles. The number of esters is 1. The topological polar surface area (TPSA) is 72.5 Å². The molecule has 2 aromatic rings. The van der Waals surface area contributed by atoms with Gasteiger partial charge in [0.05, 0.1) is 4.90 Å². The van der Waals surface area contributed by atoms with Gasteiger partial charge in [0.2, 0.25) is 10.0 Å². The fourth-order valence-corrected chi connectivity index (χ4v) is 3.22. The van der Waals surface area contributed by atoms with Crippen molar-refractivity contribution < 1.29 is 22.3 Å². The summed E-state index contributed by atoms with van der Waals surface area (Å²) in [6, 6.07) is 11.1. The van der Waals surface area contributed by atoms with E-state index in [9.17, 15) is 17.6 Å². The van der Waals surface area contributed by atoms with Gasteiger partial charge in [-0.3, -0.25) is 4.79 Å². The Balaban J connectivity index is 1.95. The zero-order valence-electron chi connectivity index (χ0n) is 12.7. The third-order valence-corrected chi connectivity index (χ3v) is 4.94. The lowest BCUT2D eigenvalue weighted by Crippen LogP contribution is -2.31. The lowest BCUT2D eigenvalue weighted by atomic mass is 10.1. The van der Waals surface area contributed by atoms with Crippen LogP contribution >= 0.6 is 11.6 Å². The number of hydrogen-bond donors (Lipinski definition) is 1. The highest BCUT2D eigenvalue weighted by molar-refractivity contribution is 7.89. The molecule has 24 heavy (non-hydrogen) atoms. The third-order valence-electron chi connectivity index (χ3n) is 3.18. The summed E-state index contributed by atoms with van der Waals surface area (Å²) in [5.74, 6) is -1.31. The van der Waals surface area contributed by atoms with E-state index in [1.165, 1.54) is 0 Å². The van der Waals surface area contributed by atoms with Gasteiger partial charge in [-0.2, -0.15) is 4.72 Å². The van der Waals surface area contributed by atoms with E-state index in [2.05, 4.69) is 4.72 Å². The van der Waals surface area contributed by atoms with Crippen molar-refractivity contribution >= 4 is 27.6 Å². The van der Waals surface area contributed by atoms with E-state index >= 15 is 0 Å². The van der Waals surface area contributed by atoms with Gasteiger partial charge < -0.3 is 4.74 Å². The van der Waals surface area contributed by atoms with E-state index in [0.29, 0.717) is 10.6 Å². The van der Waals surface area contributed by atoms with E-state index in [1.807, 2.05) is 0 Å². The maximum Gasteiger partial charge on any atom is 0.321 e. The smallest absolute Gasteiger partial charge is 0.321 e. The monoisotopic (exact) mass is 371 g/mol. The van der Waals surface area contributed by atoms with Crippen molar-refractivity contribution in [1.29, 1.82) is 0 Å². The van der Waals surface area contributed by atoms with Crippen LogP contribution in [0.3, 0.4) is 0 Å². The first kappa shape index (κ1) is 18.4. The van der Waals surface area contributed by atoms with Crippen LogP contribution in [0, 0.1) is 5.82 Å². The average Bonchev–Trinajstić information content (AvgIpc) is 2.54. The molecule has 0 heterocycles. The zero-order chi connectivity index (χ0) is 17.7. The molecule has 128 valence electrons. The highest BCUT2D eigenvalue weighted by atomic mass is 35.5. The van der Waals surface area contributed by atoms with Crippen LogP contribution in [0.15, 0.2) is 53.4 Å². The van der Waals surface area contributed by atoms with Crippen LogP contribution in [0.4, 0.5) is 4.39 Å². The number of rotatable bonds is 6. The summed E-state index contributed by atoms with van der Waals surface area (Å²) in [7, 11) is -3.92. The Morgan fingerprint density at radius 3 is 2.46 bits per heavy atom. The average molecular weight is 372 g/mol. The molecule has 0 unspecified atom stereocenters. The van der Waals surface area contributed by atoms with E-state index < -0.39 is 34.5 Å². The van der Waals surface area contributed by atoms with Crippen molar-refractivity contribution in [2.75, 3.05) is 6.54 Å². The number of nitrogens with one attached hydrogen (secondary N) is 1.